The van der Waals surface area contributed by atoms with Crippen LogP contribution in [-0.4, -0.2) is 22.8 Å². The zero-order valence-electron chi connectivity index (χ0n) is 10.9. The average molecular weight is 268 g/mol. The maximum absolute atomic E-state index is 11.9. The zero-order valence-corrected chi connectivity index (χ0v) is 11.7. The quantitative estimate of drug-likeness (QED) is 0.602. The molecule has 0 fully saturated rings. The topological polar surface area (TPSA) is 57.2 Å². The molecule has 1 rings (SSSR count). The average Bonchev–Trinajstić information content (AvgIpc) is 2.30. The summed E-state index contributed by atoms with van der Waals surface area (Å²) in [6.07, 6.45) is 2.75. The van der Waals surface area contributed by atoms with Crippen molar-refractivity contribution in [3.05, 3.63) is 34.2 Å². The molecule has 0 saturated heterocycles. The summed E-state index contributed by atoms with van der Waals surface area (Å²) in [6.45, 7) is 6.07. The first kappa shape index (κ1) is 14.9. The lowest BCUT2D eigenvalue weighted by atomic mass is 10.1. The van der Waals surface area contributed by atoms with E-state index < -0.39 is 0 Å². The van der Waals surface area contributed by atoms with Gasteiger partial charge < -0.3 is 15.0 Å². The van der Waals surface area contributed by atoms with E-state index in [1.165, 1.54) is 0 Å². The van der Waals surface area contributed by atoms with E-state index in [9.17, 15) is 4.79 Å². The Hall–Kier alpha value is -1.20. The van der Waals surface area contributed by atoms with Crippen molar-refractivity contribution in [3.8, 4) is 0 Å². The first-order valence-electron chi connectivity index (χ1n) is 6.09. The lowest BCUT2D eigenvalue weighted by Crippen LogP contribution is -2.29. The molecule has 1 aromatic heterocycles. The third-order valence-corrected chi connectivity index (χ3v) is 2.82. The molecule has 4 nitrogen and oxygen atoms in total. The molecule has 2 N–H and O–H groups in total. The van der Waals surface area contributed by atoms with Crippen molar-refractivity contribution < 1.29 is 4.74 Å². The Balaban J connectivity index is 2.51. The fourth-order valence-corrected chi connectivity index (χ4v) is 1.64. The van der Waals surface area contributed by atoms with Crippen molar-refractivity contribution in [1.29, 1.82) is 0 Å². The summed E-state index contributed by atoms with van der Waals surface area (Å²) in [5, 5.41) is 0. The van der Waals surface area contributed by atoms with Gasteiger partial charge in [-0.05, 0) is 24.5 Å². The van der Waals surface area contributed by atoms with Crippen LogP contribution < -0.4 is 11.3 Å². The number of aromatic nitrogens is 1. The van der Waals surface area contributed by atoms with E-state index in [2.05, 4.69) is 13.8 Å². The fraction of sp³-hybridized carbons (Fsp3) is 0.538. The molecule has 1 heterocycles. The molecule has 0 bridgehead atoms. The fourth-order valence-electron chi connectivity index (χ4n) is 1.48. The molecule has 0 aliphatic carbocycles. The van der Waals surface area contributed by atoms with Crippen LogP contribution in [0.25, 0.3) is 0 Å². The molecule has 1 aromatic rings. The van der Waals surface area contributed by atoms with E-state index >= 15 is 0 Å². The number of ether oxygens (including phenoxy) is 1. The van der Waals surface area contributed by atoms with E-state index in [1.807, 2.05) is 0 Å². The molecule has 0 aromatic carbocycles. The number of nitrogens with two attached hydrogens (primary N) is 1. The molecule has 0 amide bonds. The Kier molecular flexibility index (Phi) is 6.01. The number of pyridine rings is 1. The summed E-state index contributed by atoms with van der Waals surface area (Å²) in [5.74, 6) is 0.630. The Labute approximate surface area is 113 Å². The van der Waals surface area contributed by atoms with Crippen LogP contribution in [0.2, 0.25) is 0 Å². The van der Waals surface area contributed by atoms with Crippen LogP contribution >= 0.6 is 12.2 Å². The van der Waals surface area contributed by atoms with Crippen molar-refractivity contribution >= 4 is 17.2 Å². The number of hydrogen-bond acceptors (Lipinski definition) is 3. The molecule has 0 spiro atoms. The Bertz CT molecular complexity index is 455. The van der Waals surface area contributed by atoms with Crippen LogP contribution in [0.15, 0.2) is 23.1 Å². The van der Waals surface area contributed by atoms with E-state index in [1.54, 1.807) is 22.9 Å². The number of thiocarbonyl (C=S) groups is 1. The van der Waals surface area contributed by atoms with Gasteiger partial charge in [0.25, 0.3) is 5.56 Å². The maximum atomic E-state index is 11.9. The molecular weight excluding hydrogens is 248 g/mol. The minimum Gasteiger partial charge on any atom is -0.389 e. The maximum Gasteiger partial charge on any atom is 0.260 e. The normalized spacial score (nSPS) is 10.8. The van der Waals surface area contributed by atoms with Crippen molar-refractivity contribution in [3.63, 3.8) is 0 Å². The van der Waals surface area contributed by atoms with Gasteiger partial charge >= 0.3 is 0 Å². The molecule has 100 valence electrons. The van der Waals surface area contributed by atoms with Gasteiger partial charge in [0.15, 0.2) is 0 Å². The summed E-state index contributed by atoms with van der Waals surface area (Å²) in [5.41, 5.74) is 5.71. The second kappa shape index (κ2) is 7.28. The van der Waals surface area contributed by atoms with Gasteiger partial charge in [-0.15, -0.1) is 0 Å². The van der Waals surface area contributed by atoms with Crippen LogP contribution in [0.3, 0.4) is 0 Å². The van der Waals surface area contributed by atoms with Gasteiger partial charge in [0, 0.05) is 19.3 Å². The third kappa shape index (κ3) is 4.58. The number of nitrogens with zero attached hydrogens (tertiary/aromatic N) is 1. The lowest BCUT2D eigenvalue weighted by molar-refractivity contribution is 0.115. The largest absolute Gasteiger partial charge is 0.389 e. The van der Waals surface area contributed by atoms with Gasteiger partial charge in [0.05, 0.1) is 12.2 Å². The number of rotatable bonds is 7. The van der Waals surface area contributed by atoms with Crippen LogP contribution in [0.5, 0.6) is 0 Å². The lowest BCUT2D eigenvalue weighted by Gasteiger charge is -2.09. The highest BCUT2D eigenvalue weighted by molar-refractivity contribution is 7.80. The summed E-state index contributed by atoms with van der Waals surface area (Å²) in [7, 11) is 0. The zero-order chi connectivity index (χ0) is 13.5. The highest BCUT2D eigenvalue weighted by atomic mass is 32.1. The Morgan fingerprint density at radius 2 is 2.22 bits per heavy atom. The predicted molar refractivity (Wildman–Crippen MR) is 76.9 cm³/mol. The van der Waals surface area contributed by atoms with Crippen LogP contribution in [-0.2, 0) is 11.3 Å². The highest BCUT2D eigenvalue weighted by Gasteiger charge is 2.05. The van der Waals surface area contributed by atoms with Crippen molar-refractivity contribution in [2.75, 3.05) is 13.2 Å². The van der Waals surface area contributed by atoms with Crippen molar-refractivity contribution in [2.24, 2.45) is 11.7 Å². The minimum atomic E-state index is -0.155. The number of hydrogen-bond donors (Lipinski definition) is 1. The summed E-state index contributed by atoms with van der Waals surface area (Å²) in [6, 6.07) is 3.41. The standard InChI is InChI=1S/C13H20N2O2S/c1-10(2)5-8-17-9-7-15-6-3-4-11(12(14)18)13(15)16/h3-4,6,10H,5,7-9H2,1-2H3,(H2,14,18). The van der Waals surface area contributed by atoms with Crippen LogP contribution in [0.1, 0.15) is 25.8 Å². The first-order valence-corrected chi connectivity index (χ1v) is 6.50. The monoisotopic (exact) mass is 268 g/mol. The highest BCUT2D eigenvalue weighted by Crippen LogP contribution is 1.99. The van der Waals surface area contributed by atoms with E-state index in [-0.39, 0.29) is 10.5 Å². The van der Waals surface area contributed by atoms with Gasteiger partial charge in [0.2, 0.25) is 0 Å². The summed E-state index contributed by atoms with van der Waals surface area (Å²) < 4.78 is 7.05. The van der Waals surface area contributed by atoms with Crippen molar-refractivity contribution in [2.45, 2.75) is 26.8 Å². The molecule has 0 saturated carbocycles. The minimum absolute atomic E-state index is 0.134. The Morgan fingerprint density at radius 3 is 2.83 bits per heavy atom. The van der Waals surface area contributed by atoms with Gasteiger partial charge in [-0.1, -0.05) is 26.1 Å². The smallest absolute Gasteiger partial charge is 0.260 e. The van der Waals surface area contributed by atoms with Crippen LogP contribution in [0, 0.1) is 5.92 Å². The molecule has 0 radical (unpaired) electrons. The van der Waals surface area contributed by atoms with Crippen LogP contribution in [0.4, 0.5) is 0 Å². The molecule has 0 aliphatic heterocycles. The molecule has 0 unspecified atom stereocenters. The van der Waals surface area contributed by atoms with Gasteiger partial charge in [-0.25, -0.2) is 0 Å². The summed E-state index contributed by atoms with van der Waals surface area (Å²) in [4.78, 5) is 12.1. The Morgan fingerprint density at radius 1 is 1.50 bits per heavy atom. The SMILES string of the molecule is CC(C)CCOCCn1cccc(C(N)=S)c1=O. The molecule has 0 atom stereocenters. The predicted octanol–water partition coefficient (Wildman–Crippen LogP) is 1.55. The van der Waals surface area contributed by atoms with E-state index in [0.29, 0.717) is 24.6 Å². The van der Waals surface area contributed by atoms with Gasteiger partial charge in [0.1, 0.15) is 4.99 Å². The van der Waals surface area contributed by atoms with E-state index in [0.717, 1.165) is 13.0 Å². The van der Waals surface area contributed by atoms with Crippen molar-refractivity contribution in [1.82, 2.24) is 4.57 Å². The first-order chi connectivity index (χ1) is 8.52. The molecule has 0 aliphatic rings. The van der Waals surface area contributed by atoms with E-state index in [4.69, 9.17) is 22.7 Å². The second-order valence-electron chi connectivity index (χ2n) is 4.58. The second-order valence-corrected chi connectivity index (χ2v) is 5.02. The summed E-state index contributed by atoms with van der Waals surface area (Å²) >= 11 is 4.83. The van der Waals surface area contributed by atoms with Gasteiger partial charge in [-0.2, -0.15) is 0 Å². The third-order valence-electron chi connectivity index (χ3n) is 2.60. The molecule has 5 heteroatoms. The molecule has 18 heavy (non-hydrogen) atoms. The van der Waals surface area contributed by atoms with Gasteiger partial charge in [-0.3, -0.25) is 4.79 Å². The molecular formula is C13H20N2O2S.